The second-order valence-corrected chi connectivity index (χ2v) is 5.08. The molecule has 0 amide bonds. The third-order valence-corrected chi connectivity index (χ3v) is 3.90. The van der Waals surface area contributed by atoms with Gasteiger partial charge in [-0.25, -0.2) is 0 Å². The minimum absolute atomic E-state index is 0.0169. The van der Waals surface area contributed by atoms with Crippen LogP contribution in [0.25, 0.3) is 10.8 Å². The fourth-order valence-electron chi connectivity index (χ4n) is 2.98. The molecule has 8 heteroatoms. The Balaban J connectivity index is 2.37. The van der Waals surface area contributed by atoms with Gasteiger partial charge in [0.1, 0.15) is 0 Å². The van der Waals surface area contributed by atoms with Gasteiger partial charge in [-0.3, -0.25) is 0 Å². The molecule has 0 bridgehead atoms. The number of cyclic esters (lactones) is 4. The van der Waals surface area contributed by atoms with Crippen LogP contribution in [0.5, 0.6) is 0 Å². The van der Waals surface area contributed by atoms with E-state index in [0.29, 0.717) is 5.46 Å². The van der Waals surface area contributed by atoms with Gasteiger partial charge in [0.05, 0.1) is 0 Å². The van der Waals surface area contributed by atoms with Gasteiger partial charge in [0.25, 0.3) is 0 Å². The van der Waals surface area contributed by atoms with E-state index in [2.05, 4.69) is 11.2 Å². The molecule has 2 aliphatic rings. The number of hydrogen-bond acceptors (Lipinski definition) is 6. The van der Waals surface area contributed by atoms with E-state index >= 15 is 0 Å². The molecule has 2 aromatic rings. The molecule has 2 aromatic carbocycles. The number of rotatable bonds is 1. The van der Waals surface area contributed by atoms with Crippen molar-refractivity contribution in [3.05, 3.63) is 34.4 Å². The molecule has 0 saturated heterocycles. The molecule has 0 atom stereocenters. The van der Waals surface area contributed by atoms with Crippen LogP contribution in [0, 0.1) is 0 Å². The third kappa shape index (κ3) is 1.57. The maximum absolute atomic E-state index is 12.1. The Bertz CT molecular complexity index is 1020. The number of ether oxygens (including phenoxy) is 2. The van der Waals surface area contributed by atoms with Gasteiger partial charge in [0.2, 0.25) is 0 Å². The average molecular weight is 302 g/mol. The first-order chi connectivity index (χ1) is 10.9. The van der Waals surface area contributed by atoms with Crippen LogP contribution >= 0.6 is 0 Å². The number of hydrogen-bond donors (Lipinski definition) is 0. The molecule has 2 radical (unpaired) electrons. The van der Waals surface area contributed by atoms with Gasteiger partial charge in [0, 0.05) is 0 Å². The Labute approximate surface area is 130 Å². The van der Waals surface area contributed by atoms with Crippen molar-refractivity contribution >= 4 is 66.8 Å². The summed E-state index contributed by atoms with van der Waals surface area (Å²) < 4.78 is 9.38. The Hall–Kier alpha value is -3.02. The molecule has 0 fully saturated rings. The second kappa shape index (κ2) is 4.25. The molecule has 0 aromatic heterocycles. The van der Waals surface area contributed by atoms with Crippen molar-refractivity contribution in [2.45, 2.75) is 0 Å². The van der Waals surface area contributed by atoms with E-state index in [1.807, 2.05) is 0 Å². The van der Waals surface area contributed by atoms with E-state index in [9.17, 15) is 19.2 Å². The summed E-state index contributed by atoms with van der Waals surface area (Å²) in [6.07, 6.45) is 0. The standard InChI is InChI=1S/C15H4B2O6/c1-17-7-3-5-8-9-4(12(18)23-15(21)11(7)9)2-6(16)10(8)14(20)22-13(5)19/h2-3H,1H2. The molecule has 4 rings (SSSR count). The summed E-state index contributed by atoms with van der Waals surface area (Å²) in [5.74, 6) is -3.55. The minimum atomic E-state index is -0.921. The Kier molecular flexibility index (Phi) is 2.52. The first-order valence-electron chi connectivity index (χ1n) is 6.52. The summed E-state index contributed by atoms with van der Waals surface area (Å²) in [5, 5.41) is 0.291. The van der Waals surface area contributed by atoms with Crippen LogP contribution < -0.4 is 10.9 Å². The molecule has 0 aliphatic carbocycles. The van der Waals surface area contributed by atoms with Gasteiger partial charge in [-0.1, -0.05) is 0 Å². The van der Waals surface area contributed by atoms with Gasteiger partial charge in [-0.2, -0.15) is 0 Å². The fraction of sp³-hybridized carbons (Fsp3) is 0. The zero-order chi connectivity index (χ0) is 16.5. The third-order valence-electron chi connectivity index (χ3n) is 3.90. The van der Waals surface area contributed by atoms with E-state index in [0.717, 1.165) is 0 Å². The number of carbonyl (C=O) groups excluding carboxylic acids is 4. The van der Waals surface area contributed by atoms with Crippen molar-refractivity contribution in [1.29, 1.82) is 0 Å². The van der Waals surface area contributed by atoms with Gasteiger partial charge in [-0.05, 0) is 0 Å². The van der Waals surface area contributed by atoms with Crippen molar-refractivity contribution in [3.8, 4) is 0 Å². The van der Waals surface area contributed by atoms with E-state index in [4.69, 9.17) is 12.6 Å². The van der Waals surface area contributed by atoms with E-state index in [1.165, 1.54) is 19.1 Å². The molecular formula is C15H4B2O6. The summed E-state index contributed by atoms with van der Waals surface area (Å²) >= 11 is 0. The van der Waals surface area contributed by atoms with Crippen LogP contribution in [0.2, 0.25) is 0 Å². The Morgan fingerprint density at radius 1 is 0.826 bits per heavy atom. The van der Waals surface area contributed by atoms with Crippen LogP contribution in [-0.2, 0) is 9.47 Å². The molecule has 0 saturated carbocycles. The molecule has 2 heterocycles. The first-order valence-corrected chi connectivity index (χ1v) is 6.52. The fourth-order valence-corrected chi connectivity index (χ4v) is 2.98. The van der Waals surface area contributed by atoms with Gasteiger partial charge in [-0.15, -0.1) is 0 Å². The maximum atomic E-state index is 12.1. The van der Waals surface area contributed by atoms with E-state index < -0.39 is 23.9 Å². The summed E-state index contributed by atoms with van der Waals surface area (Å²) in [4.78, 5) is 48.2. The first kappa shape index (κ1) is 13.6. The van der Waals surface area contributed by atoms with Crippen molar-refractivity contribution in [2.75, 3.05) is 0 Å². The van der Waals surface area contributed by atoms with Crippen LogP contribution in [0.1, 0.15) is 41.4 Å². The summed E-state index contributed by atoms with van der Waals surface area (Å²) in [5.41, 5.74) is 0.352. The normalized spacial score (nSPS) is 15.3. The quantitative estimate of drug-likeness (QED) is 0.382. The Morgan fingerprint density at radius 3 is 1.96 bits per heavy atom. The molecule has 106 valence electrons. The zero-order valence-electron chi connectivity index (χ0n) is 11.5. The molecule has 0 spiro atoms. The van der Waals surface area contributed by atoms with Crippen LogP contribution in [0.4, 0.5) is 0 Å². The van der Waals surface area contributed by atoms with Crippen molar-refractivity contribution < 1.29 is 28.7 Å². The SMILES string of the molecule is [B]c1cc2c3c(c(B=C)cc4c3c1C(=O)OC4=O)C(=O)OC2=O. The topological polar surface area (TPSA) is 86.7 Å². The van der Waals surface area contributed by atoms with Gasteiger partial charge >= 0.3 is 130 Å². The van der Waals surface area contributed by atoms with Crippen LogP contribution in [0.3, 0.4) is 0 Å². The molecule has 6 nitrogen and oxygen atoms in total. The van der Waals surface area contributed by atoms with Crippen molar-refractivity contribution in [1.82, 2.24) is 0 Å². The van der Waals surface area contributed by atoms with Crippen LogP contribution in [-0.4, -0.2) is 45.1 Å². The predicted molar refractivity (Wildman–Crippen MR) is 81.3 cm³/mol. The monoisotopic (exact) mass is 302 g/mol. The van der Waals surface area contributed by atoms with E-state index in [-0.39, 0.29) is 38.5 Å². The molecule has 0 N–H and O–H groups in total. The predicted octanol–water partition coefficient (Wildman–Crippen LogP) is -0.984. The average Bonchev–Trinajstić information content (AvgIpc) is 2.50. The van der Waals surface area contributed by atoms with Gasteiger partial charge < -0.3 is 0 Å². The Morgan fingerprint density at radius 2 is 1.35 bits per heavy atom. The van der Waals surface area contributed by atoms with Crippen molar-refractivity contribution in [2.24, 2.45) is 0 Å². The van der Waals surface area contributed by atoms with Crippen LogP contribution in [0.15, 0.2) is 12.1 Å². The number of carbonyl (C=O) groups is 4. The summed E-state index contributed by atoms with van der Waals surface area (Å²) in [6, 6.07) is 2.60. The summed E-state index contributed by atoms with van der Waals surface area (Å²) in [6.45, 7) is 4.94. The zero-order valence-corrected chi connectivity index (χ0v) is 11.5. The van der Waals surface area contributed by atoms with E-state index in [1.54, 1.807) is 0 Å². The number of esters is 4. The molecular weight excluding hydrogens is 298 g/mol. The second-order valence-electron chi connectivity index (χ2n) is 5.08. The van der Waals surface area contributed by atoms with Crippen molar-refractivity contribution in [3.63, 3.8) is 0 Å². The molecule has 23 heavy (non-hydrogen) atoms. The van der Waals surface area contributed by atoms with Gasteiger partial charge in [0.15, 0.2) is 0 Å². The summed E-state index contributed by atoms with van der Waals surface area (Å²) in [7, 11) is 5.83. The number of benzene rings is 2. The molecule has 0 unspecified atom stereocenters. The molecule has 2 aliphatic heterocycles.